The maximum Gasteiger partial charge on any atom is 0.191 e. The second-order valence-electron chi connectivity index (χ2n) is 8.55. The molecule has 0 heterocycles. The summed E-state index contributed by atoms with van der Waals surface area (Å²) in [7, 11) is -1.54. The Balaban J connectivity index is 2.07. The molecule has 1 aromatic carbocycles. The second-order valence-corrected chi connectivity index (χ2v) is 11.4. The summed E-state index contributed by atoms with van der Waals surface area (Å²) in [5, 5.41) is 6.30. The Kier molecular flexibility index (Phi) is 8.82. The van der Waals surface area contributed by atoms with Crippen molar-refractivity contribution in [3.63, 3.8) is 0 Å². The van der Waals surface area contributed by atoms with E-state index in [0.29, 0.717) is 25.6 Å². The molecule has 170 valence electrons. The molecule has 1 aromatic rings. The minimum absolute atomic E-state index is 0.0551. The number of rotatable bonds is 9. The highest BCUT2D eigenvalue weighted by Crippen LogP contribution is 2.30. The molecule has 0 radical (unpaired) electrons. The van der Waals surface area contributed by atoms with E-state index in [1.165, 1.54) is 12.8 Å². The maximum atomic E-state index is 12.3. The Morgan fingerprint density at radius 3 is 2.50 bits per heavy atom. The molecule has 0 bridgehead atoms. The van der Waals surface area contributed by atoms with E-state index >= 15 is 0 Å². The van der Waals surface area contributed by atoms with E-state index in [-0.39, 0.29) is 11.9 Å². The van der Waals surface area contributed by atoms with Gasteiger partial charge in [-0.1, -0.05) is 0 Å². The van der Waals surface area contributed by atoms with E-state index in [4.69, 9.17) is 9.47 Å². The van der Waals surface area contributed by atoms with Crippen molar-refractivity contribution in [2.24, 2.45) is 4.99 Å². The molecular formula is C22H37N3O4S. The first-order valence-corrected chi connectivity index (χ1v) is 12.4. The van der Waals surface area contributed by atoms with Crippen LogP contribution in [0.15, 0.2) is 23.2 Å². The van der Waals surface area contributed by atoms with Gasteiger partial charge in [0, 0.05) is 24.7 Å². The largest absolute Gasteiger partial charge is 0.497 e. The Morgan fingerprint density at radius 1 is 1.20 bits per heavy atom. The van der Waals surface area contributed by atoms with Crippen LogP contribution in [0.4, 0.5) is 0 Å². The summed E-state index contributed by atoms with van der Waals surface area (Å²) >= 11 is 0. The number of benzene rings is 1. The summed E-state index contributed by atoms with van der Waals surface area (Å²) in [6.07, 6.45) is 4.80. The second kappa shape index (κ2) is 10.9. The first-order chi connectivity index (χ1) is 14.2. The van der Waals surface area contributed by atoms with Crippen molar-refractivity contribution in [3.05, 3.63) is 23.8 Å². The minimum atomic E-state index is -3.18. The Morgan fingerprint density at radius 2 is 1.90 bits per heavy atom. The number of hydrogen-bond acceptors (Lipinski definition) is 5. The van der Waals surface area contributed by atoms with Crippen LogP contribution >= 0.6 is 0 Å². The number of nitrogens with one attached hydrogen (secondary N) is 2. The van der Waals surface area contributed by atoms with Gasteiger partial charge in [-0.3, -0.25) is 0 Å². The summed E-state index contributed by atoms with van der Waals surface area (Å²) in [4.78, 5) is 4.63. The van der Waals surface area contributed by atoms with E-state index in [0.717, 1.165) is 29.9 Å². The van der Waals surface area contributed by atoms with Gasteiger partial charge in [-0.25, -0.2) is 13.4 Å². The fourth-order valence-electron chi connectivity index (χ4n) is 3.20. The summed E-state index contributed by atoms with van der Waals surface area (Å²) in [6, 6.07) is 5.79. The fraction of sp³-hybridized carbons (Fsp3) is 0.682. The third kappa shape index (κ3) is 7.07. The average molecular weight is 440 g/mol. The highest BCUT2D eigenvalue weighted by atomic mass is 32.2. The van der Waals surface area contributed by atoms with Crippen LogP contribution in [0, 0.1) is 0 Å². The van der Waals surface area contributed by atoms with Crippen molar-refractivity contribution in [1.29, 1.82) is 0 Å². The molecule has 2 rings (SSSR count). The molecule has 0 aliphatic heterocycles. The van der Waals surface area contributed by atoms with Crippen LogP contribution in [0.2, 0.25) is 0 Å². The number of guanidine groups is 1. The lowest BCUT2D eigenvalue weighted by Gasteiger charge is -2.20. The average Bonchev–Trinajstić information content (AvgIpc) is 3.18. The highest BCUT2D eigenvalue weighted by molar-refractivity contribution is 7.92. The number of hydrogen-bond donors (Lipinski definition) is 2. The van der Waals surface area contributed by atoms with Gasteiger partial charge in [0.15, 0.2) is 15.8 Å². The lowest BCUT2D eigenvalue weighted by Crippen LogP contribution is -2.41. The van der Waals surface area contributed by atoms with Crippen LogP contribution in [0.25, 0.3) is 0 Å². The fourth-order valence-corrected chi connectivity index (χ4v) is 4.19. The number of methoxy groups -OCH3 is 1. The molecule has 1 fully saturated rings. The molecular weight excluding hydrogens is 402 g/mol. The summed E-state index contributed by atoms with van der Waals surface area (Å²) in [6.45, 7) is 8.55. The molecule has 0 aromatic heterocycles. The van der Waals surface area contributed by atoms with Gasteiger partial charge in [0.05, 0.1) is 30.3 Å². The Bertz CT molecular complexity index is 810. The van der Waals surface area contributed by atoms with E-state index in [9.17, 15) is 8.42 Å². The normalized spacial score (nSPS) is 15.8. The van der Waals surface area contributed by atoms with E-state index in [1.54, 1.807) is 27.9 Å². The Hall–Kier alpha value is -1.96. The summed E-state index contributed by atoms with van der Waals surface area (Å²) < 4.78 is 35.4. The van der Waals surface area contributed by atoms with Crippen LogP contribution in [-0.2, 0) is 16.4 Å². The maximum absolute atomic E-state index is 12.3. The van der Waals surface area contributed by atoms with Crippen LogP contribution in [0.5, 0.6) is 11.5 Å². The quantitative estimate of drug-likeness (QED) is 0.453. The topological polar surface area (TPSA) is 89.0 Å². The smallest absolute Gasteiger partial charge is 0.191 e. The standard InChI is InChI=1S/C22H37N3O4S/c1-6-23-21(24-13-14-30(26,27)22(2,3)4)25-16-17-11-12-19(28-5)15-20(17)29-18-9-7-8-10-18/h11-12,15,18H,6-10,13-14,16H2,1-5H3,(H2,23,24,25). The van der Waals surface area contributed by atoms with Crippen molar-refractivity contribution in [2.45, 2.75) is 70.8 Å². The molecule has 30 heavy (non-hydrogen) atoms. The van der Waals surface area contributed by atoms with E-state index in [2.05, 4.69) is 15.6 Å². The number of sulfone groups is 1. The van der Waals surface area contributed by atoms with Gasteiger partial charge in [-0.15, -0.1) is 0 Å². The van der Waals surface area contributed by atoms with Crippen molar-refractivity contribution < 1.29 is 17.9 Å². The third-order valence-corrected chi connectivity index (χ3v) is 7.83. The molecule has 0 saturated heterocycles. The van der Waals surface area contributed by atoms with Crippen molar-refractivity contribution >= 4 is 15.8 Å². The van der Waals surface area contributed by atoms with Crippen LogP contribution in [-0.4, -0.2) is 51.2 Å². The molecule has 0 atom stereocenters. The number of ether oxygens (including phenoxy) is 2. The number of nitrogens with zero attached hydrogens (tertiary/aromatic N) is 1. The molecule has 1 saturated carbocycles. The van der Waals surface area contributed by atoms with Gasteiger partial charge in [0.2, 0.25) is 0 Å². The predicted octanol–water partition coefficient (Wildman–Crippen LogP) is 3.29. The predicted molar refractivity (Wildman–Crippen MR) is 122 cm³/mol. The van der Waals surface area contributed by atoms with Crippen LogP contribution < -0.4 is 20.1 Å². The lowest BCUT2D eigenvalue weighted by atomic mass is 10.2. The molecule has 1 aliphatic rings. The van der Waals surface area contributed by atoms with E-state index < -0.39 is 14.6 Å². The van der Waals surface area contributed by atoms with Gasteiger partial charge < -0.3 is 20.1 Å². The molecule has 1 aliphatic carbocycles. The van der Waals surface area contributed by atoms with Crippen molar-refractivity contribution in [3.8, 4) is 11.5 Å². The van der Waals surface area contributed by atoms with Gasteiger partial charge in [0.1, 0.15) is 11.5 Å². The molecule has 8 heteroatoms. The first kappa shape index (κ1) is 24.3. The van der Waals surface area contributed by atoms with Gasteiger partial charge >= 0.3 is 0 Å². The van der Waals surface area contributed by atoms with Gasteiger partial charge in [-0.05, 0) is 65.5 Å². The highest BCUT2D eigenvalue weighted by Gasteiger charge is 2.28. The zero-order valence-corrected chi connectivity index (χ0v) is 19.8. The zero-order chi connectivity index (χ0) is 22.2. The summed E-state index contributed by atoms with van der Waals surface area (Å²) in [5.74, 6) is 2.20. The number of aliphatic imine (C=N–C) groups is 1. The zero-order valence-electron chi connectivity index (χ0n) is 19.0. The Labute approximate surface area is 181 Å². The lowest BCUT2D eigenvalue weighted by molar-refractivity contribution is 0.207. The van der Waals surface area contributed by atoms with Crippen LogP contribution in [0.1, 0.15) is 58.9 Å². The molecule has 0 spiro atoms. The van der Waals surface area contributed by atoms with Crippen molar-refractivity contribution in [1.82, 2.24) is 10.6 Å². The minimum Gasteiger partial charge on any atom is -0.497 e. The molecule has 0 unspecified atom stereocenters. The third-order valence-electron chi connectivity index (χ3n) is 5.22. The molecule has 7 nitrogen and oxygen atoms in total. The van der Waals surface area contributed by atoms with Gasteiger partial charge in [-0.2, -0.15) is 0 Å². The van der Waals surface area contributed by atoms with Crippen LogP contribution in [0.3, 0.4) is 0 Å². The van der Waals surface area contributed by atoms with Crippen molar-refractivity contribution in [2.75, 3.05) is 26.0 Å². The first-order valence-electron chi connectivity index (χ1n) is 10.7. The van der Waals surface area contributed by atoms with Gasteiger partial charge in [0.25, 0.3) is 0 Å². The summed E-state index contributed by atoms with van der Waals surface area (Å²) in [5.41, 5.74) is 0.974. The molecule has 0 amide bonds. The molecule has 2 N–H and O–H groups in total. The van der Waals surface area contributed by atoms with E-state index in [1.807, 2.05) is 25.1 Å². The SMILES string of the molecule is CCNC(=NCc1ccc(OC)cc1OC1CCCC1)NCCS(=O)(=O)C(C)(C)C. The monoisotopic (exact) mass is 439 g/mol.